The molecular formula is C16H21N5O2. The molecule has 2 N–H and O–H groups in total. The van der Waals surface area contributed by atoms with E-state index in [-0.39, 0.29) is 11.7 Å². The first-order valence-corrected chi connectivity index (χ1v) is 7.99. The zero-order chi connectivity index (χ0) is 16.2. The minimum absolute atomic E-state index is 0.210. The molecule has 2 aromatic heterocycles. The van der Waals surface area contributed by atoms with Gasteiger partial charge in [-0.1, -0.05) is 0 Å². The van der Waals surface area contributed by atoms with Crippen molar-refractivity contribution < 1.29 is 9.90 Å². The van der Waals surface area contributed by atoms with Crippen LogP contribution in [0.5, 0.6) is 0 Å². The van der Waals surface area contributed by atoms with Crippen LogP contribution in [0.15, 0.2) is 18.6 Å². The van der Waals surface area contributed by atoms with Gasteiger partial charge in [-0.25, -0.2) is 4.79 Å². The van der Waals surface area contributed by atoms with Crippen LogP contribution in [0.1, 0.15) is 40.8 Å². The van der Waals surface area contributed by atoms with Gasteiger partial charge in [0.05, 0.1) is 5.69 Å². The Morgan fingerprint density at radius 1 is 1.48 bits per heavy atom. The number of fused-ring (bicyclic) bond motifs is 1. The molecule has 1 atom stereocenters. The molecule has 122 valence electrons. The van der Waals surface area contributed by atoms with Gasteiger partial charge in [0.25, 0.3) is 0 Å². The zero-order valence-corrected chi connectivity index (χ0v) is 13.2. The van der Waals surface area contributed by atoms with Gasteiger partial charge in [-0.3, -0.25) is 14.6 Å². The SMILES string of the molecule is CCn1nc(C(=O)O)c2c1CCC(NCCc1cnccn1)C2. The smallest absolute Gasteiger partial charge is 0.356 e. The average Bonchev–Trinajstić information content (AvgIpc) is 2.94. The number of carbonyl (C=O) groups is 1. The predicted octanol–water partition coefficient (Wildman–Crippen LogP) is 1.08. The number of aromatic carboxylic acids is 1. The topological polar surface area (TPSA) is 92.9 Å². The number of carboxylic acids is 1. The molecule has 0 spiro atoms. The van der Waals surface area contributed by atoms with Gasteiger partial charge in [-0.05, 0) is 26.2 Å². The summed E-state index contributed by atoms with van der Waals surface area (Å²) in [5.74, 6) is -0.936. The molecule has 0 amide bonds. The largest absolute Gasteiger partial charge is 0.476 e. The Hall–Kier alpha value is -2.28. The summed E-state index contributed by atoms with van der Waals surface area (Å²) in [5.41, 5.74) is 3.14. The lowest BCUT2D eigenvalue weighted by Gasteiger charge is -2.24. The van der Waals surface area contributed by atoms with Crippen molar-refractivity contribution in [3.63, 3.8) is 0 Å². The van der Waals surface area contributed by atoms with Crippen LogP contribution in [0.2, 0.25) is 0 Å². The van der Waals surface area contributed by atoms with Crippen LogP contribution in [-0.4, -0.2) is 43.4 Å². The first kappa shape index (κ1) is 15.6. The summed E-state index contributed by atoms with van der Waals surface area (Å²) in [6.45, 7) is 3.51. The Labute approximate surface area is 134 Å². The van der Waals surface area contributed by atoms with Crippen molar-refractivity contribution in [2.24, 2.45) is 0 Å². The molecule has 2 heterocycles. The number of nitrogens with zero attached hydrogens (tertiary/aromatic N) is 4. The standard InChI is InChI=1S/C16H21N5O2/c1-2-21-14-4-3-11(9-13(14)15(20-21)16(22)23)18-6-5-12-10-17-7-8-19-12/h7-8,10-11,18H,2-6,9H2,1H3,(H,22,23). The molecule has 0 saturated heterocycles. The van der Waals surface area contributed by atoms with E-state index < -0.39 is 5.97 Å². The van der Waals surface area contributed by atoms with Crippen LogP contribution in [0.4, 0.5) is 0 Å². The number of aryl methyl sites for hydroxylation is 1. The molecule has 7 heteroatoms. The van der Waals surface area contributed by atoms with E-state index in [2.05, 4.69) is 20.4 Å². The van der Waals surface area contributed by atoms with Gasteiger partial charge in [-0.15, -0.1) is 0 Å². The number of nitrogens with one attached hydrogen (secondary N) is 1. The first-order valence-electron chi connectivity index (χ1n) is 7.99. The van der Waals surface area contributed by atoms with Crippen molar-refractivity contribution in [3.8, 4) is 0 Å². The van der Waals surface area contributed by atoms with Crippen LogP contribution in [0, 0.1) is 0 Å². The Balaban J connectivity index is 1.63. The molecule has 1 aliphatic rings. The zero-order valence-electron chi connectivity index (χ0n) is 13.2. The normalized spacial score (nSPS) is 17.0. The highest BCUT2D eigenvalue weighted by atomic mass is 16.4. The molecule has 3 rings (SSSR count). The number of rotatable bonds is 6. The third-order valence-corrected chi connectivity index (χ3v) is 4.28. The maximum absolute atomic E-state index is 11.4. The van der Waals surface area contributed by atoms with Crippen molar-refractivity contribution in [2.75, 3.05) is 6.54 Å². The van der Waals surface area contributed by atoms with E-state index in [4.69, 9.17) is 0 Å². The van der Waals surface area contributed by atoms with E-state index in [9.17, 15) is 9.90 Å². The molecule has 0 aliphatic heterocycles. The highest BCUT2D eigenvalue weighted by molar-refractivity contribution is 5.87. The summed E-state index contributed by atoms with van der Waals surface area (Å²) < 4.78 is 1.83. The molecule has 2 aromatic rings. The fraction of sp³-hybridized carbons (Fsp3) is 0.500. The summed E-state index contributed by atoms with van der Waals surface area (Å²) >= 11 is 0. The average molecular weight is 315 g/mol. The van der Waals surface area contributed by atoms with Crippen molar-refractivity contribution >= 4 is 5.97 Å². The second-order valence-electron chi connectivity index (χ2n) is 5.74. The molecular weight excluding hydrogens is 294 g/mol. The molecule has 0 radical (unpaired) electrons. The number of aromatic nitrogens is 4. The molecule has 0 bridgehead atoms. The van der Waals surface area contributed by atoms with Gasteiger partial charge >= 0.3 is 5.97 Å². The first-order chi connectivity index (χ1) is 11.2. The second kappa shape index (κ2) is 6.87. The van der Waals surface area contributed by atoms with Crippen molar-refractivity contribution in [2.45, 2.75) is 45.2 Å². The monoisotopic (exact) mass is 315 g/mol. The van der Waals surface area contributed by atoms with E-state index in [1.54, 1.807) is 18.6 Å². The fourth-order valence-electron chi connectivity index (χ4n) is 3.16. The molecule has 0 fully saturated rings. The Morgan fingerprint density at radius 2 is 2.35 bits per heavy atom. The van der Waals surface area contributed by atoms with Gasteiger partial charge in [0, 0.05) is 55.4 Å². The molecule has 23 heavy (non-hydrogen) atoms. The lowest BCUT2D eigenvalue weighted by atomic mass is 9.91. The molecule has 0 saturated carbocycles. The highest BCUT2D eigenvalue weighted by Gasteiger charge is 2.28. The van der Waals surface area contributed by atoms with Crippen LogP contribution >= 0.6 is 0 Å². The Bertz CT molecular complexity index is 683. The summed E-state index contributed by atoms with van der Waals surface area (Å²) in [6, 6.07) is 0.284. The number of hydrogen-bond donors (Lipinski definition) is 2. The van der Waals surface area contributed by atoms with Crippen LogP contribution in [0.25, 0.3) is 0 Å². The predicted molar refractivity (Wildman–Crippen MR) is 84.4 cm³/mol. The molecule has 0 aromatic carbocycles. The Kier molecular flexibility index (Phi) is 4.66. The molecule has 1 aliphatic carbocycles. The van der Waals surface area contributed by atoms with Crippen molar-refractivity contribution in [1.82, 2.24) is 25.1 Å². The fourth-order valence-corrected chi connectivity index (χ4v) is 3.16. The summed E-state index contributed by atoms with van der Waals surface area (Å²) in [7, 11) is 0. The summed E-state index contributed by atoms with van der Waals surface area (Å²) in [6.07, 6.45) is 8.53. The lowest BCUT2D eigenvalue weighted by Crippen LogP contribution is -2.36. The van der Waals surface area contributed by atoms with Gasteiger partial charge in [0.1, 0.15) is 0 Å². The minimum atomic E-state index is -0.936. The van der Waals surface area contributed by atoms with Crippen molar-refractivity contribution in [3.05, 3.63) is 41.2 Å². The quantitative estimate of drug-likeness (QED) is 0.828. The maximum atomic E-state index is 11.4. The van der Waals surface area contributed by atoms with Gasteiger partial charge in [0.15, 0.2) is 5.69 Å². The highest BCUT2D eigenvalue weighted by Crippen LogP contribution is 2.25. The van der Waals surface area contributed by atoms with E-state index in [0.29, 0.717) is 6.54 Å². The lowest BCUT2D eigenvalue weighted by molar-refractivity contribution is 0.0688. The van der Waals surface area contributed by atoms with Gasteiger partial charge < -0.3 is 10.4 Å². The van der Waals surface area contributed by atoms with Crippen molar-refractivity contribution in [1.29, 1.82) is 0 Å². The van der Waals surface area contributed by atoms with Crippen LogP contribution in [-0.2, 0) is 25.8 Å². The number of carboxylic acid groups (broad SMARTS) is 1. The minimum Gasteiger partial charge on any atom is -0.476 e. The second-order valence-corrected chi connectivity index (χ2v) is 5.74. The maximum Gasteiger partial charge on any atom is 0.356 e. The van der Waals surface area contributed by atoms with E-state index >= 15 is 0 Å². The van der Waals surface area contributed by atoms with Crippen LogP contribution < -0.4 is 5.32 Å². The molecule has 7 nitrogen and oxygen atoms in total. The summed E-state index contributed by atoms with van der Waals surface area (Å²) in [4.78, 5) is 19.7. The third-order valence-electron chi connectivity index (χ3n) is 4.28. The Morgan fingerprint density at radius 3 is 3.04 bits per heavy atom. The van der Waals surface area contributed by atoms with E-state index in [0.717, 1.165) is 49.2 Å². The summed E-state index contributed by atoms with van der Waals surface area (Å²) in [5, 5.41) is 17.1. The van der Waals surface area contributed by atoms with E-state index in [1.807, 2.05) is 11.6 Å². The third kappa shape index (κ3) is 3.39. The van der Waals surface area contributed by atoms with Crippen LogP contribution in [0.3, 0.4) is 0 Å². The van der Waals surface area contributed by atoms with Gasteiger partial charge in [0.2, 0.25) is 0 Å². The molecule has 1 unspecified atom stereocenters. The van der Waals surface area contributed by atoms with E-state index in [1.165, 1.54) is 0 Å². The number of hydrogen-bond acceptors (Lipinski definition) is 5. The van der Waals surface area contributed by atoms with Gasteiger partial charge in [-0.2, -0.15) is 5.10 Å².